The fourth-order valence-electron chi connectivity index (χ4n) is 0.643. The molecule has 0 fully saturated rings. The van der Waals surface area contributed by atoms with Crippen LogP contribution in [0.5, 0.6) is 0 Å². The fraction of sp³-hybridized carbons (Fsp3) is 0.400. The van der Waals surface area contributed by atoms with Crippen molar-refractivity contribution < 1.29 is 4.92 Å². The molecule has 0 unspecified atom stereocenters. The number of hydrogen-bond donors (Lipinski definition) is 0. The zero-order chi connectivity index (χ0) is 7.56. The van der Waals surface area contributed by atoms with Gasteiger partial charge in [0.1, 0.15) is 11.4 Å². The van der Waals surface area contributed by atoms with Crippen LogP contribution >= 0.6 is 11.6 Å². The molecule has 4 nitrogen and oxygen atoms in total. The molecule has 10 heavy (non-hydrogen) atoms. The summed E-state index contributed by atoms with van der Waals surface area (Å²) in [6.07, 6.45) is 2.07. The maximum Gasteiger partial charge on any atom is 0.264 e. The van der Waals surface area contributed by atoms with Crippen LogP contribution in [-0.2, 0) is 0 Å². The highest BCUT2D eigenvalue weighted by atomic mass is 35.5. The van der Waals surface area contributed by atoms with Crippen molar-refractivity contribution in [3.8, 4) is 0 Å². The van der Waals surface area contributed by atoms with Crippen molar-refractivity contribution in [1.29, 1.82) is 0 Å². The third-order valence-corrected chi connectivity index (χ3v) is 1.46. The lowest BCUT2D eigenvalue weighted by atomic mass is 10.2. The van der Waals surface area contributed by atoms with Crippen molar-refractivity contribution >= 4 is 16.8 Å². The molecule has 1 aliphatic rings. The van der Waals surface area contributed by atoms with Crippen molar-refractivity contribution in [2.75, 3.05) is 0 Å². The van der Waals surface area contributed by atoms with Gasteiger partial charge in [-0.15, -0.1) is 0 Å². The molecule has 0 atom stereocenters. The van der Waals surface area contributed by atoms with Crippen LogP contribution in [0.1, 0.15) is 12.8 Å². The van der Waals surface area contributed by atoms with Gasteiger partial charge < -0.3 is 0 Å². The van der Waals surface area contributed by atoms with E-state index >= 15 is 0 Å². The Morgan fingerprint density at radius 3 is 2.80 bits per heavy atom. The highest BCUT2D eigenvalue weighted by molar-refractivity contribution is 6.65. The first-order chi connectivity index (χ1) is 4.70. The predicted molar refractivity (Wildman–Crippen MR) is 37.6 cm³/mol. The summed E-state index contributed by atoms with van der Waals surface area (Å²) in [6, 6.07) is 0. The summed E-state index contributed by atoms with van der Waals surface area (Å²) in [5.74, 6) is 0. The van der Waals surface area contributed by atoms with Crippen LogP contribution in [0.4, 0.5) is 0 Å². The minimum Gasteiger partial charge on any atom is -0.259 e. The zero-order valence-electron chi connectivity index (χ0n) is 5.08. The van der Waals surface area contributed by atoms with Gasteiger partial charge in [0.2, 0.25) is 0 Å². The van der Waals surface area contributed by atoms with Gasteiger partial charge in [-0.2, -0.15) is 0 Å². The number of hydrogen-bond acceptors (Lipinski definition) is 3. The second-order valence-electron chi connectivity index (χ2n) is 1.88. The van der Waals surface area contributed by atoms with Gasteiger partial charge in [-0.3, -0.25) is 10.1 Å². The van der Waals surface area contributed by atoms with Crippen molar-refractivity contribution in [1.82, 2.24) is 0 Å². The molecular formula is C5H5ClN2O2. The van der Waals surface area contributed by atoms with E-state index in [1.54, 1.807) is 0 Å². The summed E-state index contributed by atoms with van der Waals surface area (Å²) < 4.78 is 0. The summed E-state index contributed by atoms with van der Waals surface area (Å²) in [5.41, 5.74) is 0.129. The van der Waals surface area contributed by atoms with E-state index in [0.717, 1.165) is 0 Å². The van der Waals surface area contributed by atoms with E-state index in [1.807, 2.05) is 0 Å². The lowest BCUT2D eigenvalue weighted by molar-refractivity contribution is -0.428. The number of nitro groups is 1. The maximum atomic E-state index is 10.1. The van der Waals surface area contributed by atoms with Crippen molar-refractivity contribution in [2.24, 2.45) is 4.99 Å². The van der Waals surface area contributed by atoms with Gasteiger partial charge in [-0.05, 0) is 0 Å². The molecule has 1 rings (SSSR count). The minimum absolute atomic E-state index is 0.129. The van der Waals surface area contributed by atoms with Crippen molar-refractivity contribution in [2.45, 2.75) is 12.8 Å². The Bertz CT molecular complexity index is 222. The monoisotopic (exact) mass is 160 g/mol. The summed E-state index contributed by atoms with van der Waals surface area (Å²) in [5, 5.41) is 10.5. The molecule has 54 valence electrons. The number of rotatable bonds is 1. The summed E-state index contributed by atoms with van der Waals surface area (Å²) in [4.78, 5) is 13.3. The lowest BCUT2D eigenvalue weighted by Gasteiger charge is -2.00. The van der Waals surface area contributed by atoms with Crippen molar-refractivity contribution in [3.63, 3.8) is 0 Å². The molecule has 0 aromatic carbocycles. The highest BCUT2D eigenvalue weighted by Gasteiger charge is 2.14. The smallest absolute Gasteiger partial charge is 0.259 e. The van der Waals surface area contributed by atoms with Gasteiger partial charge in [-0.1, -0.05) is 11.6 Å². The van der Waals surface area contributed by atoms with Crippen LogP contribution in [0.2, 0.25) is 0 Å². The first-order valence-electron chi connectivity index (χ1n) is 2.76. The Morgan fingerprint density at radius 2 is 2.40 bits per heavy atom. The molecule has 0 saturated carbocycles. The van der Waals surface area contributed by atoms with E-state index in [9.17, 15) is 10.1 Å². The maximum absolute atomic E-state index is 10.1. The van der Waals surface area contributed by atoms with Gasteiger partial charge in [0, 0.05) is 12.8 Å². The predicted octanol–water partition coefficient (Wildman–Crippen LogP) is 1.54. The molecule has 5 heteroatoms. The van der Waals surface area contributed by atoms with E-state index < -0.39 is 4.92 Å². The van der Waals surface area contributed by atoms with Crippen LogP contribution in [0.25, 0.3) is 0 Å². The van der Waals surface area contributed by atoms with Gasteiger partial charge in [0.15, 0.2) is 0 Å². The molecular weight excluding hydrogens is 156 g/mol. The molecule has 1 aliphatic heterocycles. The Morgan fingerprint density at radius 1 is 1.70 bits per heavy atom. The SMILES string of the molecule is O=[N+]([O-])C1=CN=C(Cl)CC1. The average molecular weight is 161 g/mol. The van der Waals surface area contributed by atoms with Crippen LogP contribution in [-0.4, -0.2) is 10.1 Å². The molecule has 0 N–H and O–H groups in total. The van der Waals surface area contributed by atoms with Crippen LogP contribution in [0, 0.1) is 10.1 Å². The van der Waals surface area contributed by atoms with Crippen LogP contribution < -0.4 is 0 Å². The first kappa shape index (κ1) is 7.21. The van der Waals surface area contributed by atoms with Crippen LogP contribution in [0.15, 0.2) is 16.9 Å². The molecule has 0 amide bonds. The number of aliphatic imine (C=N–C) groups is 1. The molecule has 0 saturated heterocycles. The molecule has 0 aromatic rings. The standard InChI is InChI=1S/C5H5ClN2O2/c6-5-2-1-4(3-7-5)8(9)10/h3H,1-2H2. The Kier molecular flexibility index (Phi) is 2.01. The third-order valence-electron chi connectivity index (χ3n) is 1.18. The van der Waals surface area contributed by atoms with E-state index in [4.69, 9.17) is 11.6 Å². The highest BCUT2D eigenvalue weighted by Crippen LogP contribution is 2.13. The molecule has 0 aliphatic carbocycles. The molecule has 0 radical (unpaired) electrons. The molecule has 0 aromatic heterocycles. The lowest BCUT2D eigenvalue weighted by Crippen LogP contribution is -2.04. The molecule has 0 spiro atoms. The van der Waals surface area contributed by atoms with E-state index in [2.05, 4.69) is 4.99 Å². The average Bonchev–Trinajstić information content (AvgIpc) is 1.88. The number of allylic oxidation sites excluding steroid dienone is 1. The largest absolute Gasteiger partial charge is 0.264 e. The normalized spacial score (nSPS) is 17.7. The van der Waals surface area contributed by atoms with Crippen LogP contribution in [0.3, 0.4) is 0 Å². The van der Waals surface area contributed by atoms with E-state index in [-0.39, 0.29) is 5.70 Å². The quantitative estimate of drug-likeness (QED) is 0.432. The molecule has 1 heterocycles. The zero-order valence-corrected chi connectivity index (χ0v) is 5.84. The van der Waals surface area contributed by atoms with Gasteiger partial charge in [0.25, 0.3) is 5.70 Å². The summed E-state index contributed by atoms with van der Waals surface area (Å²) in [6.45, 7) is 0. The van der Waals surface area contributed by atoms with Gasteiger partial charge >= 0.3 is 0 Å². The second kappa shape index (κ2) is 2.79. The summed E-state index contributed by atoms with van der Waals surface area (Å²) in [7, 11) is 0. The van der Waals surface area contributed by atoms with E-state index in [0.29, 0.717) is 18.0 Å². The van der Waals surface area contributed by atoms with Gasteiger partial charge in [-0.25, -0.2) is 4.99 Å². The fourth-order valence-corrected chi connectivity index (χ4v) is 0.787. The molecule has 0 bridgehead atoms. The third kappa shape index (κ3) is 1.54. The number of nitrogens with zero attached hydrogens (tertiary/aromatic N) is 2. The summed E-state index contributed by atoms with van der Waals surface area (Å²) >= 11 is 5.47. The van der Waals surface area contributed by atoms with Crippen molar-refractivity contribution in [3.05, 3.63) is 22.0 Å². The Balaban J connectivity index is 2.74. The second-order valence-corrected chi connectivity index (χ2v) is 2.32. The number of halogens is 1. The Labute approximate surface area is 62.4 Å². The van der Waals surface area contributed by atoms with E-state index in [1.165, 1.54) is 6.20 Å². The van der Waals surface area contributed by atoms with Gasteiger partial charge in [0.05, 0.1) is 4.92 Å². The topological polar surface area (TPSA) is 55.5 Å². The minimum atomic E-state index is -0.438. The Hall–Kier alpha value is -0.900. The first-order valence-corrected chi connectivity index (χ1v) is 3.13.